The molecule has 1 unspecified atom stereocenters. The lowest BCUT2D eigenvalue weighted by molar-refractivity contribution is -0.140. The van der Waals surface area contributed by atoms with E-state index in [4.69, 9.17) is 26.8 Å². The standard InChI is InChI=1S/C18H27ClN2O3.ClH/c1-13-12-16(4-5-17(13)19)24-14(2)18(22)21-9-6-15(7-10-21)23-11-3-8-20;/h4-5,12,14-15H,3,6-11,20H2,1-2H3;1H. The second kappa shape index (κ2) is 10.9. The summed E-state index contributed by atoms with van der Waals surface area (Å²) in [4.78, 5) is 14.4. The van der Waals surface area contributed by atoms with Gasteiger partial charge in [-0.25, -0.2) is 0 Å². The maximum atomic E-state index is 12.5. The Hall–Kier alpha value is -1.01. The van der Waals surface area contributed by atoms with E-state index in [2.05, 4.69) is 0 Å². The molecule has 7 heteroatoms. The van der Waals surface area contributed by atoms with Crippen LogP contribution in [0.4, 0.5) is 0 Å². The Morgan fingerprint density at radius 3 is 2.68 bits per heavy atom. The summed E-state index contributed by atoms with van der Waals surface area (Å²) in [5.74, 6) is 0.681. The maximum absolute atomic E-state index is 12.5. The average Bonchev–Trinajstić information content (AvgIpc) is 2.58. The molecule has 0 radical (unpaired) electrons. The Bertz CT molecular complexity index is 549. The summed E-state index contributed by atoms with van der Waals surface area (Å²) in [5.41, 5.74) is 6.40. The van der Waals surface area contributed by atoms with Gasteiger partial charge in [0, 0.05) is 24.7 Å². The Kier molecular flexibility index (Phi) is 9.57. The van der Waals surface area contributed by atoms with Crippen molar-refractivity contribution >= 4 is 29.9 Å². The van der Waals surface area contributed by atoms with Gasteiger partial charge in [0.05, 0.1) is 6.10 Å². The number of hydrogen-bond acceptors (Lipinski definition) is 4. The molecule has 0 bridgehead atoms. The number of benzene rings is 1. The summed E-state index contributed by atoms with van der Waals surface area (Å²) in [6, 6.07) is 5.42. The van der Waals surface area contributed by atoms with Crippen molar-refractivity contribution in [2.45, 2.75) is 45.3 Å². The number of amides is 1. The summed E-state index contributed by atoms with van der Waals surface area (Å²) >= 11 is 6.01. The summed E-state index contributed by atoms with van der Waals surface area (Å²) in [6.07, 6.45) is 2.33. The molecule has 1 aromatic rings. The molecule has 25 heavy (non-hydrogen) atoms. The summed E-state index contributed by atoms with van der Waals surface area (Å²) in [5, 5.41) is 0.693. The number of halogens is 2. The predicted octanol–water partition coefficient (Wildman–Crippen LogP) is 3.19. The molecule has 0 saturated carbocycles. The van der Waals surface area contributed by atoms with Gasteiger partial charge in [0.1, 0.15) is 5.75 Å². The largest absolute Gasteiger partial charge is 0.481 e. The molecule has 0 spiro atoms. The summed E-state index contributed by atoms with van der Waals surface area (Å²) in [6.45, 7) is 6.47. The SMILES string of the molecule is Cc1cc(OC(C)C(=O)N2CCC(OCCCN)CC2)ccc1Cl.Cl. The van der Waals surface area contributed by atoms with E-state index in [1.54, 1.807) is 19.1 Å². The highest BCUT2D eigenvalue weighted by molar-refractivity contribution is 6.31. The molecule has 0 aromatic heterocycles. The van der Waals surface area contributed by atoms with Crippen LogP contribution in [0, 0.1) is 6.92 Å². The fourth-order valence-electron chi connectivity index (χ4n) is 2.78. The number of ether oxygens (including phenoxy) is 2. The zero-order chi connectivity index (χ0) is 17.5. The third-order valence-corrected chi connectivity index (χ3v) is 4.67. The van der Waals surface area contributed by atoms with Crippen molar-refractivity contribution in [1.29, 1.82) is 0 Å². The van der Waals surface area contributed by atoms with Crippen molar-refractivity contribution in [2.75, 3.05) is 26.2 Å². The average molecular weight is 391 g/mol. The number of carbonyl (C=O) groups excluding carboxylic acids is 1. The molecule has 1 aliphatic rings. The molecular formula is C18H28Cl2N2O3. The number of likely N-dealkylation sites (tertiary alicyclic amines) is 1. The van der Waals surface area contributed by atoms with Gasteiger partial charge in [-0.05, 0) is 63.4 Å². The lowest BCUT2D eigenvalue weighted by Crippen LogP contribution is -2.46. The smallest absolute Gasteiger partial charge is 0.263 e. The number of nitrogens with zero attached hydrogens (tertiary/aromatic N) is 1. The minimum atomic E-state index is -0.514. The molecule has 1 aliphatic heterocycles. The molecular weight excluding hydrogens is 363 g/mol. The lowest BCUT2D eigenvalue weighted by atomic mass is 10.1. The van der Waals surface area contributed by atoms with Crippen molar-refractivity contribution in [2.24, 2.45) is 5.73 Å². The molecule has 1 amide bonds. The van der Waals surface area contributed by atoms with E-state index >= 15 is 0 Å². The van der Waals surface area contributed by atoms with E-state index in [9.17, 15) is 4.79 Å². The van der Waals surface area contributed by atoms with Crippen molar-refractivity contribution in [3.05, 3.63) is 28.8 Å². The highest BCUT2D eigenvalue weighted by Crippen LogP contribution is 2.23. The summed E-state index contributed by atoms with van der Waals surface area (Å²) in [7, 11) is 0. The van der Waals surface area contributed by atoms with Crippen LogP contribution in [0.2, 0.25) is 5.02 Å². The minimum absolute atomic E-state index is 0. The van der Waals surface area contributed by atoms with E-state index < -0.39 is 6.10 Å². The van der Waals surface area contributed by atoms with E-state index in [-0.39, 0.29) is 24.4 Å². The number of aryl methyl sites for hydroxylation is 1. The maximum Gasteiger partial charge on any atom is 0.263 e. The number of piperidine rings is 1. The van der Waals surface area contributed by atoms with Gasteiger partial charge in [-0.2, -0.15) is 0 Å². The Morgan fingerprint density at radius 2 is 2.08 bits per heavy atom. The van der Waals surface area contributed by atoms with Gasteiger partial charge in [0.25, 0.3) is 5.91 Å². The number of carbonyl (C=O) groups is 1. The molecule has 142 valence electrons. The Labute approximate surface area is 161 Å². The Morgan fingerprint density at radius 1 is 1.40 bits per heavy atom. The van der Waals surface area contributed by atoms with Gasteiger partial charge < -0.3 is 20.1 Å². The van der Waals surface area contributed by atoms with Gasteiger partial charge in [-0.3, -0.25) is 4.79 Å². The van der Waals surface area contributed by atoms with Crippen LogP contribution in [-0.2, 0) is 9.53 Å². The topological polar surface area (TPSA) is 64.8 Å². The number of hydrogen-bond donors (Lipinski definition) is 1. The van der Waals surface area contributed by atoms with Crippen LogP contribution in [-0.4, -0.2) is 49.3 Å². The quantitative estimate of drug-likeness (QED) is 0.725. The van der Waals surface area contributed by atoms with Crippen molar-refractivity contribution < 1.29 is 14.3 Å². The molecule has 1 fully saturated rings. The molecule has 0 aliphatic carbocycles. The van der Waals surface area contributed by atoms with Crippen LogP contribution in [0.5, 0.6) is 5.75 Å². The third kappa shape index (κ3) is 6.66. The molecule has 1 saturated heterocycles. The fraction of sp³-hybridized carbons (Fsp3) is 0.611. The lowest BCUT2D eigenvalue weighted by Gasteiger charge is -2.33. The van der Waals surface area contributed by atoms with Crippen LogP contribution in [0.15, 0.2) is 18.2 Å². The number of rotatable bonds is 7. The second-order valence-corrected chi connectivity index (χ2v) is 6.62. The van der Waals surface area contributed by atoms with Crippen molar-refractivity contribution in [3.63, 3.8) is 0 Å². The van der Waals surface area contributed by atoms with E-state index in [0.717, 1.165) is 24.8 Å². The van der Waals surface area contributed by atoms with Crippen LogP contribution in [0.1, 0.15) is 31.7 Å². The first-order chi connectivity index (χ1) is 11.5. The first kappa shape index (κ1) is 22.0. The first-order valence-corrected chi connectivity index (χ1v) is 8.92. The monoisotopic (exact) mass is 390 g/mol. The minimum Gasteiger partial charge on any atom is -0.481 e. The van der Waals surface area contributed by atoms with Gasteiger partial charge in [-0.15, -0.1) is 12.4 Å². The van der Waals surface area contributed by atoms with Crippen molar-refractivity contribution in [3.8, 4) is 5.75 Å². The van der Waals surface area contributed by atoms with Crippen LogP contribution >= 0.6 is 24.0 Å². The van der Waals surface area contributed by atoms with Gasteiger partial charge in [0.15, 0.2) is 6.10 Å². The predicted molar refractivity (Wildman–Crippen MR) is 103 cm³/mol. The third-order valence-electron chi connectivity index (χ3n) is 4.25. The van der Waals surface area contributed by atoms with Gasteiger partial charge >= 0.3 is 0 Å². The van der Waals surface area contributed by atoms with E-state index in [1.807, 2.05) is 17.9 Å². The van der Waals surface area contributed by atoms with E-state index in [1.165, 1.54) is 0 Å². The zero-order valence-corrected chi connectivity index (χ0v) is 16.4. The zero-order valence-electron chi connectivity index (χ0n) is 14.9. The highest BCUT2D eigenvalue weighted by atomic mass is 35.5. The van der Waals surface area contributed by atoms with Crippen LogP contribution in [0.3, 0.4) is 0 Å². The summed E-state index contributed by atoms with van der Waals surface area (Å²) < 4.78 is 11.5. The van der Waals surface area contributed by atoms with E-state index in [0.29, 0.717) is 37.0 Å². The molecule has 1 heterocycles. The molecule has 1 atom stereocenters. The van der Waals surface area contributed by atoms with Crippen LogP contribution < -0.4 is 10.5 Å². The van der Waals surface area contributed by atoms with Gasteiger partial charge in [-0.1, -0.05) is 11.6 Å². The van der Waals surface area contributed by atoms with Gasteiger partial charge in [0.2, 0.25) is 0 Å². The van der Waals surface area contributed by atoms with Crippen molar-refractivity contribution in [1.82, 2.24) is 4.90 Å². The second-order valence-electron chi connectivity index (χ2n) is 6.21. The normalized spacial score (nSPS) is 16.2. The molecule has 1 aromatic carbocycles. The fourth-order valence-corrected chi connectivity index (χ4v) is 2.90. The highest BCUT2D eigenvalue weighted by Gasteiger charge is 2.27. The number of nitrogens with two attached hydrogens (primary N) is 1. The molecule has 2 N–H and O–H groups in total. The molecule has 5 nitrogen and oxygen atoms in total. The van der Waals surface area contributed by atoms with Crippen LogP contribution in [0.25, 0.3) is 0 Å². The molecule has 2 rings (SSSR count). The first-order valence-electron chi connectivity index (χ1n) is 8.54. The Balaban J connectivity index is 0.00000312.